The lowest BCUT2D eigenvalue weighted by Gasteiger charge is -2.04. The second kappa shape index (κ2) is 6.38. The average Bonchev–Trinajstić information content (AvgIpc) is 2.90. The number of anilines is 2. The van der Waals surface area contributed by atoms with E-state index in [4.69, 9.17) is 16.3 Å². The number of halogens is 1. The molecule has 0 spiro atoms. The fourth-order valence-electron chi connectivity index (χ4n) is 2.14. The Morgan fingerprint density at radius 3 is 2.50 bits per heavy atom. The van der Waals surface area contributed by atoms with Crippen LogP contribution in [0.1, 0.15) is 4.88 Å². The molecule has 22 heavy (non-hydrogen) atoms. The monoisotopic (exact) mass is 330 g/mol. The second-order valence-electron chi connectivity index (χ2n) is 4.76. The Bertz CT molecular complexity index is 784. The lowest BCUT2D eigenvalue weighted by molar-refractivity contribution is 0.415. The molecule has 5 heteroatoms. The molecule has 0 bridgehead atoms. The van der Waals surface area contributed by atoms with Crippen LogP contribution in [0.5, 0.6) is 5.75 Å². The number of nitrogens with one attached hydrogen (secondary N) is 1. The van der Waals surface area contributed by atoms with Gasteiger partial charge in [0.15, 0.2) is 5.13 Å². The fourth-order valence-corrected chi connectivity index (χ4v) is 3.18. The van der Waals surface area contributed by atoms with Gasteiger partial charge in [-0.25, -0.2) is 4.98 Å². The van der Waals surface area contributed by atoms with Crippen molar-refractivity contribution in [1.82, 2.24) is 4.98 Å². The van der Waals surface area contributed by atoms with Crippen LogP contribution in [0.3, 0.4) is 0 Å². The van der Waals surface area contributed by atoms with Gasteiger partial charge in [0.25, 0.3) is 0 Å². The lowest BCUT2D eigenvalue weighted by Crippen LogP contribution is -1.90. The zero-order valence-electron chi connectivity index (χ0n) is 12.3. The Balaban J connectivity index is 1.88. The first-order chi connectivity index (χ1) is 10.7. The van der Waals surface area contributed by atoms with Crippen molar-refractivity contribution < 1.29 is 4.74 Å². The SMILES string of the molecule is COc1ccc(-c2nc(Nc3ccccc3Cl)sc2C)cc1. The zero-order valence-corrected chi connectivity index (χ0v) is 13.8. The summed E-state index contributed by atoms with van der Waals surface area (Å²) in [6.45, 7) is 2.06. The molecule has 0 aliphatic carbocycles. The maximum atomic E-state index is 6.17. The van der Waals surface area contributed by atoms with Crippen molar-refractivity contribution in [2.24, 2.45) is 0 Å². The number of benzene rings is 2. The molecular weight excluding hydrogens is 316 g/mol. The molecule has 0 aliphatic rings. The number of thiazole rings is 1. The molecule has 0 unspecified atom stereocenters. The van der Waals surface area contributed by atoms with Gasteiger partial charge in [-0.3, -0.25) is 0 Å². The highest BCUT2D eigenvalue weighted by Crippen LogP contribution is 2.34. The summed E-state index contributed by atoms with van der Waals surface area (Å²) in [6, 6.07) is 15.5. The largest absolute Gasteiger partial charge is 0.497 e. The Morgan fingerprint density at radius 1 is 1.09 bits per heavy atom. The predicted molar refractivity (Wildman–Crippen MR) is 93.6 cm³/mol. The Kier molecular flexibility index (Phi) is 4.32. The summed E-state index contributed by atoms with van der Waals surface area (Å²) in [5.74, 6) is 0.839. The third kappa shape index (κ3) is 3.08. The molecule has 0 saturated carbocycles. The highest BCUT2D eigenvalue weighted by molar-refractivity contribution is 7.16. The van der Waals surface area contributed by atoms with E-state index in [-0.39, 0.29) is 0 Å². The van der Waals surface area contributed by atoms with E-state index in [1.807, 2.05) is 48.5 Å². The number of aromatic nitrogens is 1. The predicted octanol–water partition coefficient (Wildman–Crippen LogP) is 5.52. The molecule has 0 aliphatic heterocycles. The molecule has 3 aromatic rings. The first-order valence-electron chi connectivity index (χ1n) is 6.81. The molecule has 3 nitrogen and oxygen atoms in total. The summed E-state index contributed by atoms with van der Waals surface area (Å²) in [4.78, 5) is 5.83. The van der Waals surface area contributed by atoms with Crippen molar-refractivity contribution in [3.05, 3.63) is 58.4 Å². The first-order valence-corrected chi connectivity index (χ1v) is 8.00. The maximum absolute atomic E-state index is 6.17. The van der Waals surface area contributed by atoms with Crippen LogP contribution in [-0.2, 0) is 0 Å². The van der Waals surface area contributed by atoms with Gasteiger partial charge in [-0.15, -0.1) is 11.3 Å². The van der Waals surface area contributed by atoms with Crippen molar-refractivity contribution in [3.8, 4) is 17.0 Å². The van der Waals surface area contributed by atoms with Crippen LogP contribution in [-0.4, -0.2) is 12.1 Å². The number of hydrogen-bond donors (Lipinski definition) is 1. The van der Waals surface area contributed by atoms with E-state index in [0.717, 1.165) is 32.7 Å². The van der Waals surface area contributed by atoms with Crippen LogP contribution in [0, 0.1) is 6.92 Å². The molecule has 0 radical (unpaired) electrons. The van der Waals surface area contributed by atoms with Gasteiger partial charge in [0.2, 0.25) is 0 Å². The standard InChI is InChI=1S/C17H15ClN2OS/c1-11-16(12-7-9-13(21-2)10-8-12)20-17(22-11)19-15-6-4-3-5-14(15)18/h3-10H,1-2H3,(H,19,20). The van der Waals surface area contributed by atoms with Gasteiger partial charge in [-0.05, 0) is 43.3 Å². The van der Waals surface area contributed by atoms with E-state index in [1.54, 1.807) is 18.4 Å². The van der Waals surface area contributed by atoms with Crippen LogP contribution >= 0.6 is 22.9 Å². The molecule has 0 amide bonds. The van der Waals surface area contributed by atoms with Crippen molar-refractivity contribution in [2.75, 3.05) is 12.4 Å². The van der Waals surface area contributed by atoms with E-state index >= 15 is 0 Å². The minimum Gasteiger partial charge on any atom is -0.497 e. The lowest BCUT2D eigenvalue weighted by atomic mass is 10.1. The normalized spacial score (nSPS) is 10.5. The highest BCUT2D eigenvalue weighted by atomic mass is 35.5. The highest BCUT2D eigenvalue weighted by Gasteiger charge is 2.11. The van der Waals surface area contributed by atoms with Gasteiger partial charge in [-0.2, -0.15) is 0 Å². The van der Waals surface area contributed by atoms with Crippen molar-refractivity contribution in [2.45, 2.75) is 6.92 Å². The minimum absolute atomic E-state index is 0.682. The third-order valence-corrected chi connectivity index (χ3v) is 4.49. The summed E-state index contributed by atoms with van der Waals surface area (Å²) < 4.78 is 5.19. The van der Waals surface area contributed by atoms with Gasteiger partial charge in [0.05, 0.1) is 23.5 Å². The molecule has 0 saturated heterocycles. The number of hydrogen-bond acceptors (Lipinski definition) is 4. The van der Waals surface area contributed by atoms with E-state index in [2.05, 4.69) is 17.2 Å². The van der Waals surface area contributed by atoms with Crippen LogP contribution in [0.25, 0.3) is 11.3 Å². The zero-order chi connectivity index (χ0) is 15.5. The summed E-state index contributed by atoms with van der Waals surface area (Å²) in [5, 5.41) is 4.79. The first kappa shape index (κ1) is 14.9. The number of nitrogens with zero attached hydrogens (tertiary/aromatic N) is 1. The van der Waals surface area contributed by atoms with Gasteiger partial charge in [0, 0.05) is 10.4 Å². The Labute approximate surface area is 138 Å². The van der Waals surface area contributed by atoms with Crippen LogP contribution in [0.15, 0.2) is 48.5 Å². The second-order valence-corrected chi connectivity index (χ2v) is 6.37. The van der Waals surface area contributed by atoms with Crippen molar-refractivity contribution in [3.63, 3.8) is 0 Å². The Morgan fingerprint density at radius 2 is 1.82 bits per heavy atom. The van der Waals surface area contributed by atoms with E-state index in [9.17, 15) is 0 Å². The molecule has 1 aromatic heterocycles. The van der Waals surface area contributed by atoms with E-state index in [0.29, 0.717) is 5.02 Å². The maximum Gasteiger partial charge on any atom is 0.188 e. The number of para-hydroxylation sites is 1. The quantitative estimate of drug-likeness (QED) is 0.683. The van der Waals surface area contributed by atoms with Crippen molar-refractivity contribution >= 4 is 33.8 Å². The number of rotatable bonds is 4. The van der Waals surface area contributed by atoms with E-state index in [1.165, 1.54) is 0 Å². The molecule has 0 fully saturated rings. The van der Waals surface area contributed by atoms with Gasteiger partial charge >= 0.3 is 0 Å². The van der Waals surface area contributed by atoms with Crippen LogP contribution < -0.4 is 10.1 Å². The molecule has 3 rings (SSSR count). The van der Waals surface area contributed by atoms with E-state index < -0.39 is 0 Å². The van der Waals surface area contributed by atoms with Crippen molar-refractivity contribution in [1.29, 1.82) is 0 Å². The topological polar surface area (TPSA) is 34.1 Å². The third-order valence-electron chi connectivity index (χ3n) is 3.28. The number of methoxy groups -OCH3 is 1. The summed E-state index contributed by atoms with van der Waals surface area (Å²) in [6.07, 6.45) is 0. The number of aryl methyl sites for hydroxylation is 1. The van der Waals surface area contributed by atoms with Gasteiger partial charge in [0.1, 0.15) is 5.75 Å². The van der Waals surface area contributed by atoms with Gasteiger partial charge in [-0.1, -0.05) is 23.7 Å². The van der Waals surface area contributed by atoms with Gasteiger partial charge < -0.3 is 10.1 Å². The van der Waals surface area contributed by atoms with Crippen LogP contribution in [0.2, 0.25) is 5.02 Å². The Hall–Kier alpha value is -2.04. The molecule has 1 heterocycles. The molecule has 112 valence electrons. The smallest absolute Gasteiger partial charge is 0.188 e. The fraction of sp³-hybridized carbons (Fsp3) is 0.118. The molecular formula is C17H15ClN2OS. The molecule has 0 atom stereocenters. The average molecular weight is 331 g/mol. The number of ether oxygens (including phenoxy) is 1. The summed E-state index contributed by atoms with van der Waals surface area (Å²) >= 11 is 7.78. The minimum atomic E-state index is 0.682. The van der Waals surface area contributed by atoms with Crippen LogP contribution in [0.4, 0.5) is 10.8 Å². The molecule has 1 N–H and O–H groups in total. The summed E-state index contributed by atoms with van der Waals surface area (Å²) in [7, 11) is 1.66. The summed E-state index contributed by atoms with van der Waals surface area (Å²) in [5.41, 5.74) is 2.91. The molecule has 2 aromatic carbocycles.